The highest BCUT2D eigenvalue weighted by Gasteiger charge is 2.58. The van der Waals surface area contributed by atoms with Crippen LogP contribution in [0.5, 0.6) is 0 Å². The molecular weight excluding hydrogens is 254 g/mol. The zero-order chi connectivity index (χ0) is 15.0. The van der Waals surface area contributed by atoms with Gasteiger partial charge in [0.05, 0.1) is 11.8 Å². The van der Waals surface area contributed by atoms with Gasteiger partial charge in [0, 0.05) is 37.7 Å². The Morgan fingerprint density at radius 3 is 2.75 bits per heavy atom. The maximum Gasteiger partial charge on any atom is 0.222 e. The molecule has 1 aromatic rings. The Balaban J connectivity index is 1.81. The van der Waals surface area contributed by atoms with Gasteiger partial charge in [0.25, 0.3) is 0 Å². The Morgan fingerprint density at radius 1 is 1.55 bits per heavy atom. The fraction of sp³-hybridized carbons (Fsp3) is 0.733. The Bertz CT molecular complexity index is 495. The van der Waals surface area contributed by atoms with E-state index >= 15 is 0 Å². The molecule has 5 heteroatoms. The fourth-order valence-corrected chi connectivity index (χ4v) is 2.79. The quantitative estimate of drug-likeness (QED) is 0.895. The maximum atomic E-state index is 12.0. The third-order valence-corrected chi connectivity index (χ3v) is 4.94. The van der Waals surface area contributed by atoms with Crippen molar-refractivity contribution in [2.75, 3.05) is 7.11 Å². The first kappa shape index (κ1) is 15.0. The van der Waals surface area contributed by atoms with Crippen LogP contribution < -0.4 is 5.32 Å². The van der Waals surface area contributed by atoms with Gasteiger partial charge in [-0.2, -0.15) is 5.10 Å². The summed E-state index contributed by atoms with van der Waals surface area (Å²) in [6.45, 7) is 8.99. The summed E-state index contributed by atoms with van der Waals surface area (Å²) in [5.41, 5.74) is 0.922. The fourth-order valence-electron chi connectivity index (χ4n) is 2.79. The molecule has 0 radical (unpaired) electrons. The van der Waals surface area contributed by atoms with E-state index in [1.165, 1.54) is 0 Å². The summed E-state index contributed by atoms with van der Waals surface area (Å²) in [4.78, 5) is 12.0. The van der Waals surface area contributed by atoms with E-state index in [0.29, 0.717) is 13.0 Å². The number of ether oxygens (including phenoxy) is 1. The second-order valence-corrected chi connectivity index (χ2v) is 6.51. The van der Waals surface area contributed by atoms with Crippen molar-refractivity contribution < 1.29 is 9.53 Å². The molecule has 1 heterocycles. The van der Waals surface area contributed by atoms with Crippen LogP contribution in [0.4, 0.5) is 0 Å². The maximum absolute atomic E-state index is 12.0. The number of aromatic nitrogens is 2. The van der Waals surface area contributed by atoms with E-state index in [4.69, 9.17) is 4.74 Å². The summed E-state index contributed by atoms with van der Waals surface area (Å²) in [5.74, 6) is 0.0781. The van der Waals surface area contributed by atoms with Crippen LogP contribution in [-0.2, 0) is 16.1 Å². The molecule has 0 aromatic carbocycles. The zero-order valence-corrected chi connectivity index (χ0v) is 13.1. The van der Waals surface area contributed by atoms with Gasteiger partial charge in [-0.05, 0) is 25.8 Å². The molecule has 20 heavy (non-hydrogen) atoms. The predicted molar refractivity (Wildman–Crippen MR) is 77.3 cm³/mol. The number of aryl methyl sites for hydroxylation is 2. The van der Waals surface area contributed by atoms with Gasteiger partial charge in [0.2, 0.25) is 5.91 Å². The lowest BCUT2D eigenvalue weighted by Gasteiger charge is -2.59. The van der Waals surface area contributed by atoms with Gasteiger partial charge in [-0.25, -0.2) is 0 Å². The molecule has 1 N–H and O–H groups in total. The Hall–Kier alpha value is -1.36. The number of carbonyl (C=O) groups excluding carboxylic acids is 1. The van der Waals surface area contributed by atoms with Gasteiger partial charge < -0.3 is 10.1 Å². The first-order chi connectivity index (χ1) is 9.28. The summed E-state index contributed by atoms with van der Waals surface area (Å²) in [6, 6.07) is 0.180. The van der Waals surface area contributed by atoms with E-state index < -0.39 is 0 Å². The monoisotopic (exact) mass is 279 g/mol. The van der Waals surface area contributed by atoms with Crippen LogP contribution in [0.15, 0.2) is 12.4 Å². The normalized spacial score (nSPS) is 27.9. The Morgan fingerprint density at radius 2 is 2.25 bits per heavy atom. The second-order valence-electron chi connectivity index (χ2n) is 6.51. The molecule has 112 valence electrons. The van der Waals surface area contributed by atoms with Crippen LogP contribution in [-0.4, -0.2) is 34.4 Å². The lowest BCUT2D eigenvalue weighted by atomic mass is 9.56. The number of hydrogen-bond donors (Lipinski definition) is 1. The van der Waals surface area contributed by atoms with Crippen LogP contribution in [0.1, 0.15) is 39.2 Å². The number of rotatable bonds is 5. The van der Waals surface area contributed by atoms with Gasteiger partial charge >= 0.3 is 0 Å². The zero-order valence-electron chi connectivity index (χ0n) is 13.1. The molecule has 5 nitrogen and oxygen atoms in total. The van der Waals surface area contributed by atoms with Crippen LogP contribution in [0.25, 0.3) is 0 Å². The number of carbonyl (C=O) groups is 1. The van der Waals surface area contributed by atoms with Crippen LogP contribution >= 0.6 is 0 Å². The van der Waals surface area contributed by atoms with Crippen molar-refractivity contribution in [1.29, 1.82) is 0 Å². The van der Waals surface area contributed by atoms with Gasteiger partial charge in [-0.3, -0.25) is 9.48 Å². The molecule has 1 fully saturated rings. The number of nitrogens with zero attached hydrogens (tertiary/aromatic N) is 2. The van der Waals surface area contributed by atoms with Gasteiger partial charge in [0.1, 0.15) is 0 Å². The lowest BCUT2D eigenvalue weighted by molar-refractivity contribution is -0.182. The second kappa shape index (κ2) is 5.20. The standard InChI is InChI=1S/C15H25N3O2/c1-11-9-16-18(10-11)7-6-13(19)17-12-8-15(4,20-5)14(12,2)3/h9-10,12H,6-8H2,1-5H3,(H,17,19). The minimum Gasteiger partial charge on any atom is -0.378 e. The third-order valence-electron chi connectivity index (χ3n) is 4.94. The van der Waals surface area contributed by atoms with Crippen LogP contribution in [0, 0.1) is 12.3 Å². The summed E-state index contributed by atoms with van der Waals surface area (Å²) in [7, 11) is 1.74. The van der Waals surface area contributed by atoms with Crippen molar-refractivity contribution in [2.24, 2.45) is 5.41 Å². The van der Waals surface area contributed by atoms with Gasteiger partial charge in [-0.15, -0.1) is 0 Å². The number of nitrogens with one attached hydrogen (secondary N) is 1. The molecule has 2 rings (SSSR count). The molecule has 2 unspecified atom stereocenters. The SMILES string of the molecule is COC1(C)CC(NC(=O)CCn2cc(C)cn2)C1(C)C. The van der Waals surface area contributed by atoms with Gasteiger partial charge in [0.15, 0.2) is 0 Å². The Kier molecular flexibility index (Phi) is 3.91. The van der Waals surface area contributed by atoms with Crippen molar-refractivity contribution in [3.63, 3.8) is 0 Å². The minimum atomic E-state index is -0.149. The van der Waals surface area contributed by atoms with E-state index in [2.05, 4.69) is 31.2 Å². The summed E-state index contributed by atoms with van der Waals surface area (Å²) < 4.78 is 7.37. The van der Waals surface area contributed by atoms with Crippen molar-refractivity contribution >= 4 is 5.91 Å². The van der Waals surface area contributed by atoms with E-state index in [1.54, 1.807) is 18.0 Å². The highest BCUT2D eigenvalue weighted by atomic mass is 16.5. The van der Waals surface area contributed by atoms with Gasteiger partial charge in [-0.1, -0.05) is 13.8 Å². The minimum absolute atomic E-state index is 0.0420. The Labute approximate surface area is 120 Å². The van der Waals surface area contributed by atoms with Crippen molar-refractivity contribution in [2.45, 2.75) is 58.7 Å². The molecule has 1 aromatic heterocycles. The number of hydrogen-bond acceptors (Lipinski definition) is 3. The summed E-state index contributed by atoms with van der Waals surface area (Å²) in [6.07, 6.45) is 5.07. The van der Waals surface area contributed by atoms with E-state index in [0.717, 1.165) is 12.0 Å². The van der Waals surface area contributed by atoms with Crippen molar-refractivity contribution in [1.82, 2.24) is 15.1 Å². The number of amides is 1. The summed E-state index contributed by atoms with van der Waals surface area (Å²) >= 11 is 0. The number of methoxy groups -OCH3 is 1. The first-order valence-corrected chi connectivity index (χ1v) is 7.12. The summed E-state index contributed by atoms with van der Waals surface area (Å²) in [5, 5.41) is 7.30. The van der Waals surface area contributed by atoms with Crippen LogP contribution in [0.3, 0.4) is 0 Å². The molecule has 0 aliphatic heterocycles. The molecular formula is C15H25N3O2. The molecule has 0 saturated heterocycles. The van der Waals surface area contributed by atoms with Crippen molar-refractivity contribution in [3.05, 3.63) is 18.0 Å². The topological polar surface area (TPSA) is 56.1 Å². The molecule has 1 aliphatic rings. The highest BCUT2D eigenvalue weighted by Crippen LogP contribution is 2.51. The van der Waals surface area contributed by atoms with E-state index in [-0.39, 0.29) is 23.0 Å². The van der Waals surface area contributed by atoms with E-state index in [9.17, 15) is 4.79 Å². The lowest BCUT2D eigenvalue weighted by Crippen LogP contribution is -2.68. The molecule has 0 bridgehead atoms. The smallest absolute Gasteiger partial charge is 0.222 e. The van der Waals surface area contributed by atoms with Crippen molar-refractivity contribution in [3.8, 4) is 0 Å². The molecule has 0 spiro atoms. The largest absolute Gasteiger partial charge is 0.378 e. The first-order valence-electron chi connectivity index (χ1n) is 7.12. The highest BCUT2D eigenvalue weighted by molar-refractivity contribution is 5.76. The molecule has 2 atom stereocenters. The average molecular weight is 279 g/mol. The van der Waals surface area contributed by atoms with E-state index in [1.807, 2.05) is 13.1 Å². The average Bonchev–Trinajstić information content (AvgIpc) is 2.81. The van der Waals surface area contributed by atoms with Crippen LogP contribution in [0.2, 0.25) is 0 Å². The predicted octanol–water partition coefficient (Wildman–Crippen LogP) is 1.90. The molecule has 1 amide bonds. The molecule has 1 aliphatic carbocycles. The third kappa shape index (κ3) is 2.59. The molecule has 1 saturated carbocycles.